The number of rotatable bonds is 4. The van der Waals surface area contributed by atoms with Crippen molar-refractivity contribution >= 4 is 23.4 Å². The Morgan fingerprint density at radius 3 is 2.44 bits per heavy atom. The Balaban J connectivity index is 1.81. The van der Waals surface area contributed by atoms with Gasteiger partial charge in [0.05, 0.1) is 0 Å². The second-order valence-corrected chi connectivity index (χ2v) is 7.70. The fourth-order valence-corrected chi connectivity index (χ4v) is 3.87. The quantitative estimate of drug-likeness (QED) is 0.488. The van der Waals surface area contributed by atoms with Gasteiger partial charge >= 0.3 is 12.2 Å². The molecule has 0 unspecified atom stereocenters. The molecular formula is C22H16ClF3N2O4. The molecule has 6 nitrogen and oxygen atoms in total. The van der Waals surface area contributed by atoms with E-state index in [1.165, 1.54) is 41.7 Å². The number of hydrogen-bond donors (Lipinski definition) is 3. The predicted octanol–water partition coefficient (Wildman–Crippen LogP) is 4.70. The number of carbonyl (C=O) groups is 2. The molecule has 1 fully saturated rings. The number of ketones is 1. The van der Waals surface area contributed by atoms with Gasteiger partial charge in [-0.3, -0.25) is 4.79 Å². The van der Waals surface area contributed by atoms with E-state index in [1.54, 1.807) is 30.3 Å². The van der Waals surface area contributed by atoms with Gasteiger partial charge in [-0.05, 0) is 24.3 Å². The van der Waals surface area contributed by atoms with E-state index in [2.05, 4.69) is 5.32 Å². The highest BCUT2D eigenvalue weighted by Gasteiger charge is 2.66. The number of furan rings is 1. The molecule has 2 amide bonds. The van der Waals surface area contributed by atoms with Crippen LogP contribution < -0.4 is 10.6 Å². The summed E-state index contributed by atoms with van der Waals surface area (Å²) in [6.45, 7) is 0. The molecule has 10 heteroatoms. The number of Topliss-reactive ketones (excluding diaryl/α,β-unsaturated/α-hetero) is 1. The maximum atomic E-state index is 13.9. The number of halogens is 4. The Morgan fingerprint density at radius 2 is 1.78 bits per heavy atom. The number of benzene rings is 2. The minimum atomic E-state index is -5.35. The average molecular weight is 465 g/mol. The smallest absolute Gasteiger partial charge is 0.437 e. The molecule has 0 spiro atoms. The fraction of sp³-hybridized carbons (Fsp3) is 0.182. The van der Waals surface area contributed by atoms with Gasteiger partial charge in [0, 0.05) is 16.1 Å². The first-order valence-electron chi connectivity index (χ1n) is 9.43. The molecule has 0 aliphatic carbocycles. The van der Waals surface area contributed by atoms with Crippen LogP contribution in [0.2, 0.25) is 5.02 Å². The highest BCUT2D eigenvalue weighted by atomic mass is 35.5. The number of amides is 2. The van der Waals surface area contributed by atoms with E-state index in [9.17, 15) is 27.9 Å². The molecule has 0 radical (unpaired) electrons. The number of nitrogens with one attached hydrogen (secondary N) is 2. The maximum Gasteiger partial charge on any atom is 0.437 e. The second-order valence-electron chi connectivity index (χ2n) is 7.26. The summed E-state index contributed by atoms with van der Waals surface area (Å²) in [7, 11) is 0. The zero-order valence-corrected chi connectivity index (χ0v) is 16.9. The lowest BCUT2D eigenvalue weighted by Gasteiger charge is -2.44. The van der Waals surface area contributed by atoms with Crippen LogP contribution in [0.3, 0.4) is 0 Å². The van der Waals surface area contributed by atoms with Crippen molar-refractivity contribution < 1.29 is 32.3 Å². The van der Waals surface area contributed by atoms with E-state index in [1.807, 2.05) is 0 Å². The molecule has 4 rings (SSSR count). The van der Waals surface area contributed by atoms with Gasteiger partial charge in [0.2, 0.25) is 5.72 Å². The van der Waals surface area contributed by atoms with Crippen molar-refractivity contribution in [2.75, 3.05) is 0 Å². The number of alkyl halides is 3. The predicted molar refractivity (Wildman–Crippen MR) is 109 cm³/mol. The molecule has 166 valence electrons. The van der Waals surface area contributed by atoms with Crippen LogP contribution in [0, 0.1) is 5.92 Å². The Labute approximate surface area is 185 Å². The van der Waals surface area contributed by atoms with Crippen LogP contribution >= 0.6 is 11.6 Å². The summed E-state index contributed by atoms with van der Waals surface area (Å²) in [4.78, 5) is 25.2. The average Bonchev–Trinajstić information content (AvgIpc) is 3.23. The maximum absolute atomic E-state index is 13.9. The van der Waals surface area contributed by atoms with Gasteiger partial charge in [-0.1, -0.05) is 54.1 Å². The molecule has 1 saturated heterocycles. The van der Waals surface area contributed by atoms with E-state index in [-0.39, 0.29) is 17.1 Å². The van der Waals surface area contributed by atoms with Gasteiger partial charge in [-0.2, -0.15) is 13.2 Å². The van der Waals surface area contributed by atoms with Crippen LogP contribution in [0.5, 0.6) is 0 Å². The molecule has 0 saturated carbocycles. The van der Waals surface area contributed by atoms with Crippen LogP contribution in [0.15, 0.2) is 71.1 Å². The summed E-state index contributed by atoms with van der Waals surface area (Å²) >= 11 is 5.98. The van der Waals surface area contributed by atoms with E-state index < -0.39 is 35.7 Å². The molecule has 3 N–H and O–H groups in total. The summed E-state index contributed by atoms with van der Waals surface area (Å²) in [5.74, 6) is -3.06. The Kier molecular flexibility index (Phi) is 5.47. The molecule has 2 aromatic carbocycles. The van der Waals surface area contributed by atoms with Crippen molar-refractivity contribution in [2.24, 2.45) is 5.92 Å². The zero-order valence-electron chi connectivity index (χ0n) is 16.2. The third kappa shape index (κ3) is 3.85. The molecule has 0 bridgehead atoms. The lowest BCUT2D eigenvalue weighted by atomic mass is 9.79. The molecule has 1 aliphatic rings. The minimum absolute atomic E-state index is 0.0651. The first kappa shape index (κ1) is 21.9. The van der Waals surface area contributed by atoms with Crippen LogP contribution in [-0.2, 0) is 0 Å². The van der Waals surface area contributed by atoms with E-state index >= 15 is 0 Å². The van der Waals surface area contributed by atoms with Crippen LogP contribution in [0.4, 0.5) is 18.0 Å². The summed E-state index contributed by atoms with van der Waals surface area (Å²) in [6, 6.07) is 13.7. The van der Waals surface area contributed by atoms with Crippen molar-refractivity contribution in [3.05, 3.63) is 83.1 Å². The number of carbonyl (C=O) groups excluding carboxylic acids is 2. The van der Waals surface area contributed by atoms with Crippen molar-refractivity contribution in [1.29, 1.82) is 0 Å². The summed E-state index contributed by atoms with van der Waals surface area (Å²) < 4.78 is 47.5. The van der Waals surface area contributed by atoms with Crippen molar-refractivity contribution in [2.45, 2.75) is 17.9 Å². The summed E-state index contributed by atoms with van der Waals surface area (Å²) in [6.07, 6.45) is -5.35. The third-order valence-electron chi connectivity index (χ3n) is 5.19. The third-order valence-corrected chi connectivity index (χ3v) is 5.42. The fourth-order valence-electron chi connectivity index (χ4n) is 3.68. The van der Waals surface area contributed by atoms with Crippen LogP contribution in [-0.4, -0.2) is 28.8 Å². The highest BCUT2D eigenvalue weighted by Crippen LogP contribution is 2.44. The molecule has 32 heavy (non-hydrogen) atoms. The van der Waals surface area contributed by atoms with E-state index in [4.69, 9.17) is 16.0 Å². The molecule has 2 heterocycles. The molecule has 3 atom stereocenters. The van der Waals surface area contributed by atoms with Crippen molar-refractivity contribution in [1.82, 2.24) is 10.6 Å². The van der Waals surface area contributed by atoms with Crippen LogP contribution in [0.25, 0.3) is 11.3 Å². The molecular weight excluding hydrogens is 449 g/mol. The van der Waals surface area contributed by atoms with Crippen molar-refractivity contribution in [3.63, 3.8) is 0 Å². The van der Waals surface area contributed by atoms with Gasteiger partial charge in [0.15, 0.2) is 5.78 Å². The molecule has 1 aromatic heterocycles. The first-order chi connectivity index (χ1) is 15.1. The number of aliphatic hydroxyl groups is 1. The number of hydrogen-bond acceptors (Lipinski definition) is 4. The Hall–Kier alpha value is -3.30. The monoisotopic (exact) mass is 464 g/mol. The Bertz CT molecular complexity index is 1170. The van der Waals surface area contributed by atoms with E-state index in [0.29, 0.717) is 10.6 Å². The summed E-state index contributed by atoms with van der Waals surface area (Å²) in [5.41, 5.74) is -3.35. The van der Waals surface area contributed by atoms with Gasteiger partial charge in [0.25, 0.3) is 0 Å². The standard InChI is InChI=1S/C22H16ClF3N2O4/c23-14-8-4-7-13(11-14)15-9-10-16(32-15)18-17(19(29)12-5-2-1-3-6-12)21(31,22(24,25)26)28-20(30)27-18/h1-11,17-18,31H,(H2,27,28,30)/t17-,18-,21+/m0/s1. The second kappa shape index (κ2) is 7.99. The van der Waals surface area contributed by atoms with Crippen LogP contribution in [0.1, 0.15) is 22.2 Å². The summed E-state index contributed by atoms with van der Waals surface area (Å²) in [5, 5.41) is 14.8. The zero-order chi connectivity index (χ0) is 23.1. The van der Waals surface area contributed by atoms with E-state index in [0.717, 1.165) is 0 Å². The van der Waals surface area contributed by atoms with Gasteiger partial charge in [-0.15, -0.1) is 0 Å². The van der Waals surface area contributed by atoms with Gasteiger partial charge in [-0.25, -0.2) is 4.79 Å². The molecule has 3 aromatic rings. The normalized spacial score (nSPS) is 23.3. The highest BCUT2D eigenvalue weighted by molar-refractivity contribution is 6.30. The topological polar surface area (TPSA) is 91.6 Å². The lowest BCUT2D eigenvalue weighted by Crippen LogP contribution is -2.72. The minimum Gasteiger partial charge on any atom is -0.459 e. The largest absolute Gasteiger partial charge is 0.459 e. The Morgan fingerprint density at radius 1 is 1.06 bits per heavy atom. The number of urea groups is 1. The molecule has 1 aliphatic heterocycles. The van der Waals surface area contributed by atoms with Gasteiger partial charge in [0.1, 0.15) is 23.5 Å². The van der Waals surface area contributed by atoms with Gasteiger partial charge < -0.3 is 20.2 Å². The lowest BCUT2D eigenvalue weighted by molar-refractivity contribution is -0.288. The van der Waals surface area contributed by atoms with Crippen molar-refractivity contribution in [3.8, 4) is 11.3 Å². The first-order valence-corrected chi connectivity index (χ1v) is 9.80. The SMILES string of the molecule is O=C1N[C@@H](c2ccc(-c3cccc(Cl)c3)o2)[C@@H](C(=O)c2ccccc2)[C@@](O)(C(F)(F)F)N1.